The number of likely N-dealkylation sites (N-methyl/N-ethyl adjacent to an activating group) is 1. The topological polar surface area (TPSA) is 45.5 Å². The van der Waals surface area contributed by atoms with Crippen molar-refractivity contribution in [3.8, 4) is 0 Å². The van der Waals surface area contributed by atoms with Crippen molar-refractivity contribution in [1.29, 1.82) is 0 Å². The highest BCUT2D eigenvalue weighted by Crippen LogP contribution is 2.15. The van der Waals surface area contributed by atoms with Crippen molar-refractivity contribution in [2.45, 2.75) is 25.3 Å². The first-order chi connectivity index (χ1) is 8.83. The first-order valence-electron chi connectivity index (χ1n) is 6.58. The monoisotopic (exact) mass is 245 g/mol. The molecule has 0 radical (unpaired) electrons. The summed E-state index contributed by atoms with van der Waals surface area (Å²) in [5.74, 6) is 0.722. The number of fused-ring (bicyclic) bond motifs is 1. The minimum Gasteiger partial charge on any atom is -0.351 e. The number of hydrogen-bond donors (Lipinski definition) is 1. The zero-order chi connectivity index (χ0) is 12.4. The third-order valence-corrected chi connectivity index (χ3v) is 3.66. The van der Waals surface area contributed by atoms with E-state index < -0.39 is 0 Å². The van der Waals surface area contributed by atoms with E-state index >= 15 is 0 Å². The van der Waals surface area contributed by atoms with Gasteiger partial charge in [-0.15, -0.1) is 5.10 Å². The number of aromatic nitrogens is 3. The van der Waals surface area contributed by atoms with Crippen LogP contribution < -0.4 is 5.32 Å². The van der Waals surface area contributed by atoms with Gasteiger partial charge in [-0.1, -0.05) is 12.5 Å². The number of anilines is 1. The van der Waals surface area contributed by atoms with Gasteiger partial charge < -0.3 is 10.2 Å². The summed E-state index contributed by atoms with van der Waals surface area (Å²) < 4.78 is 1.80. The molecular weight excluding hydrogens is 226 g/mol. The Morgan fingerprint density at radius 2 is 2.33 bits per heavy atom. The van der Waals surface area contributed by atoms with E-state index in [0.29, 0.717) is 6.04 Å². The van der Waals surface area contributed by atoms with Crippen molar-refractivity contribution in [2.75, 3.05) is 25.5 Å². The maximum absolute atomic E-state index is 4.44. The second kappa shape index (κ2) is 4.94. The summed E-state index contributed by atoms with van der Waals surface area (Å²) in [5, 5.41) is 7.75. The summed E-state index contributed by atoms with van der Waals surface area (Å²) in [4.78, 5) is 6.87. The Hall–Kier alpha value is -1.62. The van der Waals surface area contributed by atoms with Crippen LogP contribution in [0.2, 0.25) is 0 Å². The van der Waals surface area contributed by atoms with Crippen LogP contribution in [0, 0.1) is 0 Å². The molecule has 1 aliphatic heterocycles. The van der Waals surface area contributed by atoms with Gasteiger partial charge in [-0.05, 0) is 38.6 Å². The molecule has 2 aromatic heterocycles. The van der Waals surface area contributed by atoms with Gasteiger partial charge in [0.05, 0.1) is 0 Å². The van der Waals surface area contributed by atoms with Crippen LogP contribution in [0.3, 0.4) is 0 Å². The van der Waals surface area contributed by atoms with Crippen molar-refractivity contribution < 1.29 is 0 Å². The fourth-order valence-corrected chi connectivity index (χ4v) is 2.52. The highest BCUT2D eigenvalue weighted by Gasteiger charge is 2.18. The summed E-state index contributed by atoms with van der Waals surface area (Å²) in [5.41, 5.74) is 0.886. The van der Waals surface area contributed by atoms with Gasteiger partial charge in [-0.3, -0.25) is 0 Å². The van der Waals surface area contributed by atoms with Crippen molar-refractivity contribution in [3.05, 3.63) is 24.4 Å². The number of likely N-dealkylation sites (tertiary alicyclic amines) is 1. The van der Waals surface area contributed by atoms with Crippen LogP contribution in [-0.4, -0.2) is 45.7 Å². The molecule has 1 aliphatic rings. The lowest BCUT2D eigenvalue weighted by atomic mass is 10.0. The molecule has 0 aliphatic carbocycles. The fourth-order valence-electron chi connectivity index (χ4n) is 2.52. The quantitative estimate of drug-likeness (QED) is 0.892. The van der Waals surface area contributed by atoms with Gasteiger partial charge in [-0.2, -0.15) is 4.98 Å². The van der Waals surface area contributed by atoms with E-state index in [2.05, 4.69) is 27.3 Å². The first kappa shape index (κ1) is 11.5. The number of hydrogen-bond acceptors (Lipinski definition) is 4. The molecule has 1 fully saturated rings. The summed E-state index contributed by atoms with van der Waals surface area (Å²) in [7, 11) is 2.20. The van der Waals surface area contributed by atoms with Gasteiger partial charge in [0, 0.05) is 18.8 Å². The van der Waals surface area contributed by atoms with E-state index in [0.717, 1.165) is 18.1 Å². The molecule has 0 bridgehead atoms. The first-order valence-corrected chi connectivity index (χ1v) is 6.58. The smallest absolute Gasteiger partial charge is 0.243 e. The Labute approximate surface area is 107 Å². The van der Waals surface area contributed by atoms with Crippen LogP contribution >= 0.6 is 0 Å². The highest BCUT2D eigenvalue weighted by atomic mass is 15.3. The van der Waals surface area contributed by atoms with Crippen molar-refractivity contribution in [3.63, 3.8) is 0 Å². The summed E-state index contributed by atoms with van der Waals surface area (Å²) in [6, 6.07) is 6.50. The minimum atomic E-state index is 0.602. The van der Waals surface area contributed by atoms with Gasteiger partial charge in [-0.25, -0.2) is 4.52 Å². The Kier molecular flexibility index (Phi) is 3.15. The second-order valence-electron chi connectivity index (χ2n) is 4.95. The van der Waals surface area contributed by atoms with Crippen LogP contribution in [0.15, 0.2) is 24.4 Å². The standard InChI is InChI=1S/C13H19N5/c1-17-8-4-2-6-11(17)10-14-13-15-12-7-3-5-9-18(12)16-13/h3,5,7,9,11H,2,4,6,8,10H2,1H3,(H,14,16). The van der Waals surface area contributed by atoms with E-state index in [-0.39, 0.29) is 0 Å². The Morgan fingerprint density at radius 1 is 1.39 bits per heavy atom. The van der Waals surface area contributed by atoms with E-state index in [9.17, 15) is 0 Å². The van der Waals surface area contributed by atoms with Gasteiger partial charge >= 0.3 is 0 Å². The van der Waals surface area contributed by atoms with Gasteiger partial charge in [0.2, 0.25) is 5.95 Å². The molecule has 0 spiro atoms. The van der Waals surface area contributed by atoms with Crippen LogP contribution in [0.5, 0.6) is 0 Å². The molecule has 0 amide bonds. The molecule has 18 heavy (non-hydrogen) atoms. The zero-order valence-electron chi connectivity index (χ0n) is 10.7. The average Bonchev–Trinajstić information content (AvgIpc) is 2.80. The molecule has 3 heterocycles. The number of nitrogens with one attached hydrogen (secondary N) is 1. The van der Waals surface area contributed by atoms with Crippen LogP contribution in [0.1, 0.15) is 19.3 Å². The number of piperidine rings is 1. The molecule has 1 saturated heterocycles. The second-order valence-corrected chi connectivity index (χ2v) is 4.95. The van der Waals surface area contributed by atoms with E-state index in [1.807, 2.05) is 24.4 Å². The Balaban J connectivity index is 1.65. The summed E-state index contributed by atoms with van der Waals surface area (Å²) >= 11 is 0. The lowest BCUT2D eigenvalue weighted by Gasteiger charge is -2.32. The SMILES string of the molecule is CN1CCCCC1CNc1nc2ccccn2n1. The third kappa shape index (κ3) is 2.31. The molecule has 0 aromatic carbocycles. The molecule has 1 atom stereocenters. The van der Waals surface area contributed by atoms with E-state index in [4.69, 9.17) is 0 Å². The molecule has 5 heteroatoms. The minimum absolute atomic E-state index is 0.602. The number of pyridine rings is 1. The molecule has 2 aromatic rings. The van der Waals surface area contributed by atoms with Crippen LogP contribution in [0.4, 0.5) is 5.95 Å². The summed E-state index contributed by atoms with van der Waals surface area (Å²) in [6.45, 7) is 2.12. The van der Waals surface area contributed by atoms with E-state index in [1.165, 1.54) is 25.8 Å². The molecule has 1 unspecified atom stereocenters. The molecular formula is C13H19N5. The number of nitrogens with zero attached hydrogens (tertiary/aromatic N) is 4. The van der Waals surface area contributed by atoms with Gasteiger partial charge in [0.1, 0.15) is 0 Å². The Morgan fingerprint density at radius 3 is 3.17 bits per heavy atom. The third-order valence-electron chi connectivity index (χ3n) is 3.66. The van der Waals surface area contributed by atoms with Gasteiger partial charge in [0.25, 0.3) is 0 Å². The molecule has 5 nitrogen and oxygen atoms in total. The fraction of sp³-hybridized carbons (Fsp3) is 0.538. The van der Waals surface area contributed by atoms with Crippen molar-refractivity contribution in [1.82, 2.24) is 19.5 Å². The van der Waals surface area contributed by atoms with Crippen LogP contribution in [-0.2, 0) is 0 Å². The predicted molar refractivity (Wildman–Crippen MR) is 71.7 cm³/mol. The maximum Gasteiger partial charge on any atom is 0.243 e. The largest absolute Gasteiger partial charge is 0.351 e. The lowest BCUT2D eigenvalue weighted by Crippen LogP contribution is -2.40. The normalized spacial score (nSPS) is 21.3. The number of rotatable bonds is 3. The molecule has 3 rings (SSSR count). The average molecular weight is 245 g/mol. The highest BCUT2D eigenvalue weighted by molar-refractivity contribution is 5.42. The Bertz CT molecular complexity index is 488. The van der Waals surface area contributed by atoms with Crippen molar-refractivity contribution >= 4 is 11.6 Å². The molecule has 1 N–H and O–H groups in total. The molecule has 0 saturated carbocycles. The zero-order valence-corrected chi connectivity index (χ0v) is 10.7. The van der Waals surface area contributed by atoms with Crippen LogP contribution in [0.25, 0.3) is 5.65 Å². The predicted octanol–water partition coefficient (Wildman–Crippen LogP) is 1.63. The summed E-state index contributed by atoms with van der Waals surface area (Å²) in [6.07, 6.45) is 5.83. The van der Waals surface area contributed by atoms with Crippen molar-refractivity contribution in [2.24, 2.45) is 0 Å². The van der Waals surface area contributed by atoms with Gasteiger partial charge in [0.15, 0.2) is 5.65 Å². The maximum atomic E-state index is 4.44. The lowest BCUT2D eigenvalue weighted by molar-refractivity contribution is 0.194. The molecule has 96 valence electrons. The van der Waals surface area contributed by atoms with E-state index in [1.54, 1.807) is 4.52 Å².